The van der Waals surface area contributed by atoms with E-state index in [0.717, 1.165) is 0 Å². The Morgan fingerprint density at radius 3 is 2.25 bits per heavy atom. The van der Waals surface area contributed by atoms with Crippen molar-refractivity contribution < 1.29 is 29.6 Å². The van der Waals surface area contributed by atoms with Gasteiger partial charge in [-0.15, -0.1) is 0 Å². The first-order chi connectivity index (χ1) is 5.57. The van der Waals surface area contributed by atoms with Crippen LogP contribution in [0.2, 0.25) is 0 Å². The largest absolute Gasteiger partial charge is 0.394 e. The van der Waals surface area contributed by atoms with Gasteiger partial charge in [0.15, 0.2) is 12.5 Å². The number of ether oxygens (including phenoxy) is 1. The van der Waals surface area contributed by atoms with E-state index in [4.69, 9.17) is 20.4 Å². The minimum absolute atomic E-state index is 0.651. The first kappa shape index (κ1) is 9.82. The molecule has 4 N–H and O–H groups in total. The van der Waals surface area contributed by atoms with Crippen LogP contribution in [-0.4, -0.2) is 57.8 Å². The molecule has 0 aromatic heterocycles. The van der Waals surface area contributed by atoms with E-state index in [-0.39, 0.29) is 0 Å². The van der Waals surface area contributed by atoms with E-state index in [1.54, 1.807) is 0 Å². The maximum absolute atomic E-state index is 12.9. The smallest absolute Gasteiger partial charge is 0.184 e. The van der Waals surface area contributed by atoms with Crippen molar-refractivity contribution in [3.63, 3.8) is 0 Å². The molecule has 6 heteroatoms. The lowest BCUT2D eigenvalue weighted by atomic mass is 10.0. The van der Waals surface area contributed by atoms with Crippen molar-refractivity contribution >= 4 is 0 Å². The van der Waals surface area contributed by atoms with E-state index in [2.05, 4.69) is 4.74 Å². The first-order valence-electron chi connectivity index (χ1n) is 3.52. The maximum atomic E-state index is 12.9. The standard InChI is InChI=1S/C6H11FO5/c7-3-2(1-8)12-6(11)5(10)4(3)9/h2-6,8-11H,1H2/t2?,3-,4+,5?,6-/m1/s1. The fourth-order valence-corrected chi connectivity index (χ4v) is 1.06. The Balaban J connectivity index is 2.63. The molecule has 1 saturated heterocycles. The fraction of sp³-hybridized carbons (Fsp3) is 1.00. The normalized spacial score (nSPS) is 49.2. The number of rotatable bonds is 1. The molecular formula is C6H11FO5. The lowest BCUT2D eigenvalue weighted by Gasteiger charge is -2.36. The molecular weight excluding hydrogens is 171 g/mol. The Kier molecular flexibility index (Phi) is 2.97. The zero-order valence-electron chi connectivity index (χ0n) is 6.17. The highest BCUT2D eigenvalue weighted by atomic mass is 19.1. The van der Waals surface area contributed by atoms with Gasteiger partial charge in [0.05, 0.1) is 6.61 Å². The zero-order valence-corrected chi connectivity index (χ0v) is 6.17. The summed E-state index contributed by atoms with van der Waals surface area (Å²) in [7, 11) is 0. The number of aliphatic hydroxyl groups is 4. The molecule has 5 nitrogen and oxygen atoms in total. The molecule has 0 aliphatic carbocycles. The van der Waals surface area contributed by atoms with Gasteiger partial charge in [0.25, 0.3) is 0 Å². The third kappa shape index (κ3) is 1.57. The van der Waals surface area contributed by atoms with E-state index >= 15 is 0 Å². The third-order valence-corrected chi connectivity index (χ3v) is 1.82. The summed E-state index contributed by atoms with van der Waals surface area (Å²) < 4.78 is 17.3. The predicted molar refractivity (Wildman–Crippen MR) is 34.9 cm³/mol. The van der Waals surface area contributed by atoms with Gasteiger partial charge in [-0.05, 0) is 0 Å². The van der Waals surface area contributed by atoms with Crippen LogP contribution in [0.25, 0.3) is 0 Å². The van der Waals surface area contributed by atoms with Crippen LogP contribution in [0.3, 0.4) is 0 Å². The summed E-state index contributed by atoms with van der Waals surface area (Å²) in [6, 6.07) is 0. The molecule has 0 aromatic carbocycles. The van der Waals surface area contributed by atoms with Crippen molar-refractivity contribution in [1.82, 2.24) is 0 Å². The molecule has 0 spiro atoms. The van der Waals surface area contributed by atoms with Gasteiger partial charge in [0, 0.05) is 0 Å². The van der Waals surface area contributed by atoms with Crippen molar-refractivity contribution in [1.29, 1.82) is 0 Å². The molecule has 0 aromatic rings. The molecule has 5 atom stereocenters. The van der Waals surface area contributed by atoms with Gasteiger partial charge in [-0.3, -0.25) is 0 Å². The molecule has 2 unspecified atom stereocenters. The summed E-state index contributed by atoms with van der Waals surface area (Å²) in [6.07, 6.45) is -8.19. The number of alkyl halides is 1. The van der Waals surface area contributed by atoms with E-state index in [0.29, 0.717) is 0 Å². The number of hydrogen-bond donors (Lipinski definition) is 4. The van der Waals surface area contributed by atoms with E-state index in [1.807, 2.05) is 0 Å². The van der Waals surface area contributed by atoms with Crippen molar-refractivity contribution in [3.8, 4) is 0 Å². The zero-order chi connectivity index (χ0) is 9.30. The quantitative estimate of drug-likeness (QED) is 0.368. The number of halogens is 1. The highest BCUT2D eigenvalue weighted by Gasteiger charge is 2.43. The SMILES string of the molecule is OCC1O[C@@H](O)C(O)[C@@H](O)[C@@H]1F. The monoisotopic (exact) mass is 182 g/mol. The Morgan fingerprint density at radius 1 is 1.17 bits per heavy atom. The lowest BCUT2D eigenvalue weighted by molar-refractivity contribution is -0.274. The molecule has 1 rings (SSSR count). The van der Waals surface area contributed by atoms with Crippen molar-refractivity contribution in [2.24, 2.45) is 0 Å². The minimum atomic E-state index is -1.88. The predicted octanol–water partition coefficient (Wildman–Crippen LogP) is -2.24. The van der Waals surface area contributed by atoms with Crippen LogP contribution >= 0.6 is 0 Å². The molecule has 12 heavy (non-hydrogen) atoms. The highest BCUT2D eigenvalue weighted by molar-refractivity contribution is 4.88. The van der Waals surface area contributed by atoms with Crippen LogP contribution in [0.5, 0.6) is 0 Å². The van der Waals surface area contributed by atoms with Crippen molar-refractivity contribution in [2.45, 2.75) is 30.8 Å². The van der Waals surface area contributed by atoms with Crippen LogP contribution in [0.15, 0.2) is 0 Å². The molecule has 0 radical (unpaired) electrons. The second kappa shape index (κ2) is 3.63. The van der Waals surface area contributed by atoms with Crippen molar-refractivity contribution in [3.05, 3.63) is 0 Å². The minimum Gasteiger partial charge on any atom is -0.394 e. The van der Waals surface area contributed by atoms with Crippen LogP contribution in [0.1, 0.15) is 0 Å². The third-order valence-electron chi connectivity index (χ3n) is 1.82. The van der Waals surface area contributed by atoms with Crippen LogP contribution < -0.4 is 0 Å². The molecule has 0 saturated carbocycles. The van der Waals surface area contributed by atoms with E-state index in [9.17, 15) is 4.39 Å². The van der Waals surface area contributed by atoms with Gasteiger partial charge in [-0.25, -0.2) is 4.39 Å². The molecule has 1 aliphatic rings. The summed E-state index contributed by atoms with van der Waals surface area (Å²) in [5.41, 5.74) is 0. The Morgan fingerprint density at radius 2 is 1.75 bits per heavy atom. The second-order valence-corrected chi connectivity index (χ2v) is 2.67. The first-order valence-corrected chi connectivity index (χ1v) is 3.52. The molecule has 72 valence electrons. The van der Waals surface area contributed by atoms with Crippen LogP contribution in [-0.2, 0) is 4.74 Å². The molecule has 0 bridgehead atoms. The average molecular weight is 182 g/mol. The van der Waals surface area contributed by atoms with Crippen LogP contribution in [0.4, 0.5) is 4.39 Å². The molecule has 1 aliphatic heterocycles. The summed E-state index contributed by atoms with van der Waals surface area (Å²) >= 11 is 0. The van der Waals surface area contributed by atoms with Gasteiger partial charge in [0.1, 0.15) is 18.3 Å². The summed E-state index contributed by atoms with van der Waals surface area (Å²) in [4.78, 5) is 0. The molecule has 1 heterocycles. The topological polar surface area (TPSA) is 90.2 Å². The number of hydrogen-bond acceptors (Lipinski definition) is 5. The number of aliphatic hydroxyl groups excluding tert-OH is 4. The summed E-state index contributed by atoms with van der Waals surface area (Å²) in [6.45, 7) is -0.651. The van der Waals surface area contributed by atoms with Gasteiger partial charge in [-0.2, -0.15) is 0 Å². The van der Waals surface area contributed by atoms with E-state index < -0.39 is 37.4 Å². The highest BCUT2D eigenvalue weighted by Crippen LogP contribution is 2.21. The summed E-state index contributed by atoms with van der Waals surface area (Å²) in [5.74, 6) is 0. The van der Waals surface area contributed by atoms with E-state index in [1.165, 1.54) is 0 Å². The second-order valence-electron chi connectivity index (χ2n) is 2.67. The fourth-order valence-electron chi connectivity index (χ4n) is 1.06. The Bertz CT molecular complexity index is 150. The van der Waals surface area contributed by atoms with Gasteiger partial charge in [0.2, 0.25) is 0 Å². The van der Waals surface area contributed by atoms with Crippen LogP contribution in [0, 0.1) is 0 Å². The molecule has 1 fully saturated rings. The van der Waals surface area contributed by atoms with Gasteiger partial charge >= 0.3 is 0 Å². The molecule has 0 amide bonds. The maximum Gasteiger partial charge on any atom is 0.184 e. The average Bonchev–Trinajstić information content (AvgIpc) is 2.08. The summed E-state index contributed by atoms with van der Waals surface area (Å²) in [5, 5.41) is 35.2. The Hall–Kier alpha value is -0.270. The lowest BCUT2D eigenvalue weighted by Crippen LogP contribution is -2.56. The van der Waals surface area contributed by atoms with Gasteiger partial charge in [-0.1, -0.05) is 0 Å². The van der Waals surface area contributed by atoms with Gasteiger partial charge < -0.3 is 25.2 Å². The Labute approximate surface area is 68.0 Å². The van der Waals surface area contributed by atoms with Crippen molar-refractivity contribution in [2.75, 3.05) is 6.61 Å².